The average Bonchev–Trinajstić information content (AvgIpc) is 2.93. The number of hydrogen-bond donors (Lipinski definition) is 1. The Morgan fingerprint density at radius 3 is 2.37 bits per heavy atom. The van der Waals surface area contributed by atoms with E-state index < -0.39 is 0 Å². The Labute approximate surface area is 115 Å². The third-order valence-electron chi connectivity index (χ3n) is 4.59. The van der Waals surface area contributed by atoms with Crippen LogP contribution in [0, 0.1) is 5.92 Å². The summed E-state index contributed by atoms with van der Waals surface area (Å²) in [5.41, 5.74) is 0.989. The van der Waals surface area contributed by atoms with Crippen molar-refractivity contribution in [1.82, 2.24) is 4.90 Å². The number of aromatic hydroxyl groups is 1. The van der Waals surface area contributed by atoms with Crippen molar-refractivity contribution in [1.29, 1.82) is 0 Å². The Morgan fingerprint density at radius 1 is 1.00 bits per heavy atom. The zero-order chi connectivity index (χ0) is 13.1. The van der Waals surface area contributed by atoms with Gasteiger partial charge >= 0.3 is 0 Å². The summed E-state index contributed by atoms with van der Waals surface area (Å²) in [6.45, 7) is 5.61. The smallest absolute Gasteiger partial charge is 0.138 e. The minimum Gasteiger partial charge on any atom is -0.506 e. The van der Waals surface area contributed by atoms with Gasteiger partial charge in [0.05, 0.1) is 5.69 Å². The summed E-state index contributed by atoms with van der Waals surface area (Å²) < 4.78 is 0. The monoisotopic (exact) mass is 260 g/mol. The van der Waals surface area contributed by atoms with Crippen LogP contribution in [0.2, 0.25) is 0 Å². The molecule has 0 atom stereocenters. The molecule has 0 unspecified atom stereocenters. The normalized spacial score (nSPS) is 22.0. The van der Waals surface area contributed by atoms with Crippen molar-refractivity contribution in [2.24, 2.45) is 5.92 Å². The fraction of sp³-hybridized carbons (Fsp3) is 0.625. The molecule has 3 nitrogen and oxygen atoms in total. The van der Waals surface area contributed by atoms with E-state index in [4.69, 9.17) is 0 Å². The summed E-state index contributed by atoms with van der Waals surface area (Å²) in [5, 5.41) is 9.90. The van der Waals surface area contributed by atoms with Crippen LogP contribution in [0.1, 0.15) is 25.7 Å². The molecule has 19 heavy (non-hydrogen) atoms. The number of nitrogens with zero attached hydrogens (tertiary/aromatic N) is 2. The molecule has 1 N–H and O–H groups in total. The van der Waals surface area contributed by atoms with E-state index in [0.29, 0.717) is 5.75 Å². The van der Waals surface area contributed by atoms with E-state index >= 15 is 0 Å². The second-order valence-corrected chi connectivity index (χ2v) is 5.93. The number of piperazine rings is 1. The lowest BCUT2D eigenvalue weighted by molar-refractivity contribution is 0.219. The molecule has 3 rings (SSSR count). The molecule has 1 aliphatic heterocycles. The van der Waals surface area contributed by atoms with Crippen molar-refractivity contribution in [2.75, 3.05) is 37.6 Å². The molecule has 1 saturated heterocycles. The first-order chi connectivity index (χ1) is 9.33. The Bertz CT molecular complexity index is 407. The minimum absolute atomic E-state index is 0.409. The van der Waals surface area contributed by atoms with Crippen LogP contribution in [0.25, 0.3) is 0 Å². The number of rotatable bonds is 3. The van der Waals surface area contributed by atoms with Gasteiger partial charge in [0.2, 0.25) is 0 Å². The van der Waals surface area contributed by atoms with Crippen molar-refractivity contribution >= 4 is 5.69 Å². The molecular formula is C16H24N2O. The van der Waals surface area contributed by atoms with Crippen molar-refractivity contribution in [3.8, 4) is 5.75 Å². The van der Waals surface area contributed by atoms with E-state index in [0.717, 1.165) is 37.8 Å². The van der Waals surface area contributed by atoms with Gasteiger partial charge in [0.1, 0.15) is 5.75 Å². The highest BCUT2D eigenvalue weighted by Crippen LogP contribution is 2.29. The highest BCUT2D eigenvalue weighted by Gasteiger charge is 2.23. The maximum atomic E-state index is 9.90. The second-order valence-electron chi connectivity index (χ2n) is 5.93. The van der Waals surface area contributed by atoms with Gasteiger partial charge in [0.15, 0.2) is 0 Å². The first-order valence-corrected chi connectivity index (χ1v) is 7.58. The highest BCUT2D eigenvalue weighted by atomic mass is 16.3. The molecule has 2 aliphatic rings. The predicted molar refractivity (Wildman–Crippen MR) is 78.7 cm³/mol. The van der Waals surface area contributed by atoms with Gasteiger partial charge in [-0.25, -0.2) is 0 Å². The molecule has 0 bridgehead atoms. The van der Waals surface area contributed by atoms with Crippen molar-refractivity contribution < 1.29 is 5.11 Å². The maximum Gasteiger partial charge on any atom is 0.138 e. The predicted octanol–water partition coefficient (Wildman–Crippen LogP) is 2.70. The summed E-state index contributed by atoms with van der Waals surface area (Å²) in [7, 11) is 0. The summed E-state index contributed by atoms with van der Waals surface area (Å²) in [6.07, 6.45) is 5.73. The van der Waals surface area contributed by atoms with E-state index in [1.165, 1.54) is 32.2 Å². The molecule has 1 aromatic carbocycles. The largest absolute Gasteiger partial charge is 0.506 e. The second kappa shape index (κ2) is 5.83. The van der Waals surface area contributed by atoms with Crippen LogP contribution in [-0.2, 0) is 0 Å². The summed E-state index contributed by atoms with van der Waals surface area (Å²) >= 11 is 0. The lowest BCUT2D eigenvalue weighted by Crippen LogP contribution is -2.47. The molecule has 1 aromatic rings. The van der Waals surface area contributed by atoms with Gasteiger partial charge in [-0.2, -0.15) is 0 Å². The summed E-state index contributed by atoms with van der Waals surface area (Å²) in [5.74, 6) is 1.35. The third-order valence-corrected chi connectivity index (χ3v) is 4.59. The van der Waals surface area contributed by atoms with Crippen LogP contribution in [0.4, 0.5) is 5.69 Å². The van der Waals surface area contributed by atoms with Crippen LogP contribution >= 0.6 is 0 Å². The van der Waals surface area contributed by atoms with Gasteiger partial charge in [-0.15, -0.1) is 0 Å². The Balaban J connectivity index is 1.53. The molecule has 1 aliphatic carbocycles. The topological polar surface area (TPSA) is 26.7 Å². The number of hydrogen-bond acceptors (Lipinski definition) is 3. The first-order valence-electron chi connectivity index (χ1n) is 7.58. The molecular weight excluding hydrogens is 236 g/mol. The van der Waals surface area contributed by atoms with E-state index in [9.17, 15) is 5.11 Å². The number of para-hydroxylation sites is 2. The van der Waals surface area contributed by atoms with Gasteiger partial charge in [0.25, 0.3) is 0 Å². The summed E-state index contributed by atoms with van der Waals surface area (Å²) in [6, 6.07) is 7.68. The van der Waals surface area contributed by atoms with E-state index in [1.807, 2.05) is 18.2 Å². The van der Waals surface area contributed by atoms with Gasteiger partial charge in [0, 0.05) is 32.7 Å². The fourth-order valence-corrected chi connectivity index (χ4v) is 3.46. The number of anilines is 1. The lowest BCUT2D eigenvalue weighted by Gasteiger charge is -2.37. The summed E-state index contributed by atoms with van der Waals surface area (Å²) in [4.78, 5) is 4.91. The van der Waals surface area contributed by atoms with Gasteiger partial charge in [-0.05, 0) is 30.9 Å². The molecule has 104 valence electrons. The third kappa shape index (κ3) is 3.03. The lowest BCUT2D eigenvalue weighted by atomic mass is 10.1. The Morgan fingerprint density at radius 2 is 1.68 bits per heavy atom. The van der Waals surface area contributed by atoms with E-state index in [2.05, 4.69) is 9.80 Å². The molecule has 0 amide bonds. The maximum absolute atomic E-state index is 9.90. The SMILES string of the molecule is Oc1ccccc1N1CCN(CC2CCCC2)CC1. The van der Waals surface area contributed by atoms with Crippen molar-refractivity contribution in [3.05, 3.63) is 24.3 Å². The number of benzene rings is 1. The van der Waals surface area contributed by atoms with Crippen LogP contribution < -0.4 is 4.90 Å². The fourth-order valence-electron chi connectivity index (χ4n) is 3.46. The van der Waals surface area contributed by atoms with Crippen LogP contribution in [0.3, 0.4) is 0 Å². The molecule has 0 aromatic heterocycles. The molecule has 3 heteroatoms. The molecule has 2 fully saturated rings. The molecule has 0 spiro atoms. The van der Waals surface area contributed by atoms with Crippen LogP contribution in [-0.4, -0.2) is 42.7 Å². The molecule has 0 radical (unpaired) electrons. The van der Waals surface area contributed by atoms with Gasteiger partial charge in [-0.3, -0.25) is 4.90 Å². The van der Waals surface area contributed by atoms with Crippen molar-refractivity contribution in [3.63, 3.8) is 0 Å². The van der Waals surface area contributed by atoms with Crippen molar-refractivity contribution in [2.45, 2.75) is 25.7 Å². The van der Waals surface area contributed by atoms with Gasteiger partial charge in [-0.1, -0.05) is 25.0 Å². The van der Waals surface area contributed by atoms with E-state index in [-0.39, 0.29) is 0 Å². The zero-order valence-corrected chi connectivity index (χ0v) is 11.6. The number of phenols is 1. The zero-order valence-electron chi connectivity index (χ0n) is 11.6. The highest BCUT2D eigenvalue weighted by molar-refractivity contribution is 5.57. The standard InChI is InChI=1S/C16H24N2O/c19-16-8-4-3-7-15(16)18-11-9-17(10-12-18)13-14-5-1-2-6-14/h3-4,7-8,14,19H,1-2,5-6,9-13H2. The first kappa shape index (κ1) is 12.8. The quantitative estimate of drug-likeness (QED) is 0.905. The average molecular weight is 260 g/mol. The van der Waals surface area contributed by atoms with E-state index in [1.54, 1.807) is 6.07 Å². The van der Waals surface area contributed by atoms with Gasteiger partial charge < -0.3 is 10.0 Å². The Hall–Kier alpha value is -1.22. The molecule has 1 heterocycles. The molecule has 1 saturated carbocycles. The van der Waals surface area contributed by atoms with Crippen LogP contribution in [0.5, 0.6) is 5.75 Å². The Kier molecular flexibility index (Phi) is 3.92. The number of phenolic OH excluding ortho intramolecular Hbond substituents is 1. The van der Waals surface area contributed by atoms with Crippen LogP contribution in [0.15, 0.2) is 24.3 Å². The minimum atomic E-state index is 0.409.